The largest absolute Gasteiger partial charge is 0.455 e. The number of carbonyl (C=O) groups excluding carboxylic acids is 1. The van der Waals surface area contributed by atoms with E-state index in [4.69, 9.17) is 16.3 Å². The summed E-state index contributed by atoms with van der Waals surface area (Å²) in [5, 5.41) is 20.6. The van der Waals surface area contributed by atoms with Crippen LogP contribution >= 0.6 is 11.6 Å². The summed E-state index contributed by atoms with van der Waals surface area (Å²) >= 11 is 6.26. The van der Waals surface area contributed by atoms with Crippen LogP contribution in [0.4, 0.5) is 17.1 Å². The molecule has 0 radical (unpaired) electrons. The Morgan fingerprint density at radius 3 is 2.51 bits per heavy atom. The number of hydrogen-bond acceptors (Lipinski definition) is 12. The number of aromatic amines is 1. The highest BCUT2D eigenvalue weighted by atomic mass is 35.5. The zero-order chi connectivity index (χ0) is 47.6. The van der Waals surface area contributed by atoms with Crippen molar-refractivity contribution in [3.05, 3.63) is 117 Å². The molecule has 68 heavy (non-hydrogen) atoms. The number of benzene rings is 3. The number of nitrogens with one attached hydrogen (secondary N) is 4. The standard InChI is InChI=1S/C51H62ClN9O6S/c1-34-32-60(21-20-53-34)40-10-4-35(5-11-40)30-55-46-15-13-43(28-47(46)61(63)64)68(65,66)57-50(62)44-14-12-41(27-48(44)67-42-26-37-17-19-54-49(37)56-31-42)59-24-22-58(23-25-59)33-38-16-18-51(2,3)29-45(38)36-6-8-39(52)9-7-36/h6-9,12-15,17,19,26-28,31,34-35,40,53,55H,4-5,10-11,16,18,20-25,29-30,32-33H2,1-3H3,(H,54,56)(H,57,62)/t34-,35-,40+/m0/s1. The van der Waals surface area contributed by atoms with Gasteiger partial charge in [0.05, 0.1) is 21.6 Å². The Balaban J connectivity index is 0.885. The number of aromatic nitrogens is 2. The van der Waals surface area contributed by atoms with Crippen LogP contribution in [-0.4, -0.2) is 110 Å². The van der Waals surface area contributed by atoms with E-state index in [-0.39, 0.29) is 28.1 Å². The van der Waals surface area contributed by atoms with Crippen molar-refractivity contribution in [2.24, 2.45) is 11.3 Å². The Labute approximate surface area is 403 Å². The van der Waals surface area contributed by atoms with E-state index in [0.717, 1.165) is 119 Å². The number of nitrogens with zero attached hydrogens (tertiary/aromatic N) is 5. The molecule has 3 aromatic carbocycles. The third-order valence-corrected chi connectivity index (χ3v) is 15.9. The summed E-state index contributed by atoms with van der Waals surface area (Å²) in [7, 11) is -4.57. The van der Waals surface area contributed by atoms with Crippen LogP contribution in [0.25, 0.3) is 16.6 Å². The molecule has 3 fully saturated rings. The molecule has 2 aromatic heterocycles. The smallest absolute Gasteiger partial charge is 0.293 e. The van der Waals surface area contributed by atoms with Gasteiger partial charge < -0.3 is 25.3 Å². The van der Waals surface area contributed by atoms with E-state index in [1.807, 2.05) is 18.2 Å². The Morgan fingerprint density at radius 1 is 0.985 bits per heavy atom. The minimum atomic E-state index is -4.57. The molecule has 1 amide bonds. The molecule has 15 nitrogen and oxygen atoms in total. The van der Waals surface area contributed by atoms with Crippen molar-refractivity contribution in [1.29, 1.82) is 0 Å². The number of carbonyl (C=O) groups is 1. The second-order valence-electron chi connectivity index (χ2n) is 19.8. The summed E-state index contributed by atoms with van der Waals surface area (Å²) in [6.45, 7) is 14.5. The van der Waals surface area contributed by atoms with Crippen LogP contribution in [0.5, 0.6) is 11.5 Å². The molecule has 1 atom stereocenters. The number of H-pyrrole nitrogens is 1. The van der Waals surface area contributed by atoms with Gasteiger partial charge in [-0.1, -0.05) is 43.2 Å². The normalized spacial score (nSPS) is 21.7. The lowest BCUT2D eigenvalue weighted by molar-refractivity contribution is -0.384. The van der Waals surface area contributed by atoms with Gasteiger partial charge in [-0.2, -0.15) is 0 Å². The van der Waals surface area contributed by atoms with E-state index in [1.165, 1.54) is 35.0 Å². The van der Waals surface area contributed by atoms with Gasteiger partial charge in [-0.25, -0.2) is 18.1 Å². The number of rotatable bonds is 14. The molecule has 4 N–H and O–H groups in total. The maximum Gasteiger partial charge on any atom is 0.293 e. The number of halogens is 1. The van der Waals surface area contributed by atoms with Crippen LogP contribution < -0.4 is 25.0 Å². The lowest BCUT2D eigenvalue weighted by Crippen LogP contribution is -2.53. The van der Waals surface area contributed by atoms with Crippen LogP contribution in [-0.2, 0) is 10.0 Å². The first kappa shape index (κ1) is 47.5. The van der Waals surface area contributed by atoms with E-state index in [0.29, 0.717) is 35.9 Å². The summed E-state index contributed by atoms with van der Waals surface area (Å²) in [6.07, 6.45) is 10.7. The van der Waals surface area contributed by atoms with Gasteiger partial charge in [0.1, 0.15) is 22.8 Å². The number of pyridine rings is 1. The van der Waals surface area contributed by atoms with E-state index < -0.39 is 25.7 Å². The number of sulfonamides is 1. The Kier molecular flexibility index (Phi) is 14.1. The highest BCUT2D eigenvalue weighted by Crippen LogP contribution is 2.44. The van der Waals surface area contributed by atoms with Crippen LogP contribution in [0.2, 0.25) is 5.02 Å². The van der Waals surface area contributed by atoms with E-state index in [2.05, 4.69) is 72.9 Å². The highest BCUT2D eigenvalue weighted by Gasteiger charge is 2.32. The van der Waals surface area contributed by atoms with Crippen LogP contribution in [0.3, 0.4) is 0 Å². The molecule has 0 bridgehead atoms. The Bertz CT molecular complexity index is 2780. The topological polar surface area (TPSA) is 178 Å². The monoisotopic (exact) mass is 963 g/mol. The molecule has 1 saturated carbocycles. The van der Waals surface area contributed by atoms with Gasteiger partial charge in [-0.05, 0) is 123 Å². The molecule has 4 aliphatic rings. The first-order chi connectivity index (χ1) is 32.7. The Hall–Kier alpha value is -5.52. The Morgan fingerprint density at radius 2 is 1.76 bits per heavy atom. The second kappa shape index (κ2) is 20.2. The average Bonchev–Trinajstić information content (AvgIpc) is 3.80. The summed E-state index contributed by atoms with van der Waals surface area (Å²) in [5.41, 5.74) is 5.65. The number of hydrogen-bond donors (Lipinski definition) is 4. The summed E-state index contributed by atoms with van der Waals surface area (Å²) in [4.78, 5) is 40.2. The minimum Gasteiger partial charge on any atom is -0.455 e. The van der Waals surface area contributed by atoms with Gasteiger partial charge in [0.15, 0.2) is 0 Å². The van der Waals surface area contributed by atoms with Crippen LogP contribution in [0.1, 0.15) is 81.6 Å². The first-order valence-corrected chi connectivity index (χ1v) is 25.8. The molecule has 2 aliphatic carbocycles. The number of piperazine rings is 2. The molecule has 4 heterocycles. The summed E-state index contributed by atoms with van der Waals surface area (Å²) in [6, 6.07) is 21.7. The maximum atomic E-state index is 14.1. The van der Waals surface area contributed by atoms with Gasteiger partial charge in [0, 0.05) is 105 Å². The SMILES string of the molecule is C[C@H]1CN([C@H]2CC[C@@H](CNc3ccc(S(=O)(=O)NC(=O)c4ccc(N5CCN(CC6=C(c7ccc(Cl)cc7)CC(C)(C)CC6)CC5)cc4Oc4cnc5[nH]ccc5c4)cc3[N+](=O)[O-])CC2)CCN1. The first-order valence-electron chi connectivity index (χ1n) is 23.9. The molecule has 0 spiro atoms. The van der Waals surface area contributed by atoms with Gasteiger partial charge in [0.25, 0.3) is 21.6 Å². The third kappa shape index (κ3) is 11.2. The predicted octanol–water partition coefficient (Wildman–Crippen LogP) is 9.09. The van der Waals surface area contributed by atoms with E-state index >= 15 is 0 Å². The van der Waals surface area contributed by atoms with Crippen molar-refractivity contribution in [3.63, 3.8) is 0 Å². The van der Waals surface area contributed by atoms with Crippen molar-refractivity contribution in [3.8, 4) is 11.5 Å². The minimum absolute atomic E-state index is 0.0269. The molecule has 9 rings (SSSR count). The number of nitro benzene ring substituents is 1. The van der Waals surface area contributed by atoms with Gasteiger partial charge in [-0.15, -0.1) is 0 Å². The van der Waals surface area contributed by atoms with Crippen molar-refractivity contribution in [2.75, 3.05) is 69.1 Å². The number of ether oxygens (including phenoxy) is 1. The van der Waals surface area contributed by atoms with Gasteiger partial charge in [0.2, 0.25) is 0 Å². The number of nitro groups is 1. The van der Waals surface area contributed by atoms with Crippen molar-refractivity contribution in [1.82, 2.24) is 29.8 Å². The molecule has 2 saturated heterocycles. The van der Waals surface area contributed by atoms with Crippen molar-refractivity contribution in [2.45, 2.75) is 82.7 Å². The number of allylic oxidation sites excluding steroid dienone is 1. The quantitative estimate of drug-likeness (QED) is 0.0614. The van der Waals surface area contributed by atoms with Gasteiger partial charge >= 0.3 is 0 Å². The molecule has 17 heteroatoms. The number of anilines is 2. The van der Waals surface area contributed by atoms with Crippen molar-refractivity contribution >= 4 is 61.2 Å². The lowest BCUT2D eigenvalue weighted by atomic mass is 9.72. The number of fused-ring (bicyclic) bond motifs is 1. The maximum absolute atomic E-state index is 14.1. The lowest BCUT2D eigenvalue weighted by Gasteiger charge is -2.41. The zero-order valence-corrected chi connectivity index (χ0v) is 40.7. The fraction of sp³-hybridized carbons (Fsp3) is 0.451. The van der Waals surface area contributed by atoms with E-state index in [1.54, 1.807) is 30.5 Å². The molecule has 0 unspecified atom stereocenters. The zero-order valence-electron chi connectivity index (χ0n) is 39.1. The van der Waals surface area contributed by atoms with Gasteiger partial charge in [-0.3, -0.25) is 24.7 Å². The average molecular weight is 965 g/mol. The van der Waals surface area contributed by atoms with E-state index in [9.17, 15) is 23.3 Å². The second-order valence-corrected chi connectivity index (χ2v) is 22.0. The fourth-order valence-corrected chi connectivity index (χ4v) is 11.6. The van der Waals surface area contributed by atoms with Crippen LogP contribution in [0.15, 0.2) is 95.7 Å². The summed E-state index contributed by atoms with van der Waals surface area (Å²) < 4.78 is 36.2. The number of amides is 1. The molecule has 2 aliphatic heterocycles. The molecular formula is C51H62ClN9O6S. The highest BCUT2D eigenvalue weighted by molar-refractivity contribution is 7.90. The third-order valence-electron chi connectivity index (χ3n) is 14.4. The fourth-order valence-electron chi connectivity index (χ4n) is 10.5. The van der Waals surface area contributed by atoms with Crippen molar-refractivity contribution < 1.29 is 22.9 Å². The van der Waals surface area contributed by atoms with Crippen LogP contribution in [0, 0.1) is 21.4 Å². The molecule has 5 aromatic rings. The molecular weight excluding hydrogens is 902 g/mol. The summed E-state index contributed by atoms with van der Waals surface area (Å²) in [5.74, 6) is -0.103. The molecule has 360 valence electrons. The predicted molar refractivity (Wildman–Crippen MR) is 268 cm³/mol.